The van der Waals surface area contributed by atoms with Gasteiger partial charge in [0.1, 0.15) is 5.60 Å². The van der Waals surface area contributed by atoms with Crippen molar-refractivity contribution in [2.45, 2.75) is 49.9 Å². The van der Waals surface area contributed by atoms with Crippen LogP contribution in [0, 0.1) is 0 Å². The Balaban J connectivity index is 2.04. The molecular formula is C12H20O3. The van der Waals surface area contributed by atoms with Gasteiger partial charge in [-0.1, -0.05) is 6.08 Å². The van der Waals surface area contributed by atoms with Crippen LogP contribution in [0.1, 0.15) is 32.6 Å². The van der Waals surface area contributed by atoms with Crippen LogP contribution in [0.5, 0.6) is 0 Å². The molecule has 0 saturated carbocycles. The standard InChI is InChI=1S/C12H20O3/c1-3-12-7-5-10(15-12)11(2,14-9-12)6-4-8-13/h3,10,13H,1,4-9H2,2H3. The Bertz CT molecular complexity index is 253. The Morgan fingerprint density at radius 3 is 3.07 bits per heavy atom. The minimum Gasteiger partial charge on any atom is -0.396 e. The Morgan fingerprint density at radius 1 is 1.60 bits per heavy atom. The molecule has 0 amide bonds. The van der Waals surface area contributed by atoms with Gasteiger partial charge in [-0.3, -0.25) is 0 Å². The highest BCUT2D eigenvalue weighted by molar-refractivity contribution is 5.09. The molecule has 3 atom stereocenters. The summed E-state index contributed by atoms with van der Waals surface area (Å²) in [5, 5.41) is 8.87. The summed E-state index contributed by atoms with van der Waals surface area (Å²) in [6, 6.07) is 0. The van der Waals surface area contributed by atoms with Gasteiger partial charge < -0.3 is 14.6 Å². The minimum absolute atomic E-state index is 0.163. The lowest BCUT2D eigenvalue weighted by Crippen LogP contribution is -2.51. The molecule has 2 fully saturated rings. The molecule has 3 heteroatoms. The van der Waals surface area contributed by atoms with E-state index in [0.29, 0.717) is 6.61 Å². The predicted molar refractivity (Wildman–Crippen MR) is 57.7 cm³/mol. The Labute approximate surface area is 91.1 Å². The van der Waals surface area contributed by atoms with Gasteiger partial charge in [0, 0.05) is 6.61 Å². The van der Waals surface area contributed by atoms with E-state index >= 15 is 0 Å². The molecule has 2 aliphatic heterocycles. The average Bonchev–Trinajstić information content (AvgIpc) is 2.64. The number of ether oxygens (including phenoxy) is 2. The van der Waals surface area contributed by atoms with Gasteiger partial charge in [0.25, 0.3) is 0 Å². The Hall–Kier alpha value is -0.380. The van der Waals surface area contributed by atoms with E-state index in [9.17, 15) is 0 Å². The van der Waals surface area contributed by atoms with Gasteiger partial charge >= 0.3 is 0 Å². The van der Waals surface area contributed by atoms with Crippen LogP contribution in [0.25, 0.3) is 0 Å². The van der Waals surface area contributed by atoms with Crippen LogP contribution in [0.15, 0.2) is 12.7 Å². The third kappa shape index (κ3) is 1.84. The van der Waals surface area contributed by atoms with Crippen molar-refractivity contribution in [2.75, 3.05) is 13.2 Å². The molecule has 0 aromatic rings. The van der Waals surface area contributed by atoms with E-state index in [2.05, 4.69) is 13.5 Å². The maximum atomic E-state index is 8.87. The van der Waals surface area contributed by atoms with Gasteiger partial charge in [0.05, 0.1) is 18.3 Å². The molecule has 1 N–H and O–H groups in total. The first-order chi connectivity index (χ1) is 7.14. The fourth-order valence-electron chi connectivity index (χ4n) is 2.57. The summed E-state index contributed by atoms with van der Waals surface area (Å²) in [5.41, 5.74) is -0.449. The Kier molecular flexibility index (Phi) is 2.88. The molecule has 2 aliphatic rings. The van der Waals surface area contributed by atoms with Crippen LogP contribution in [0.2, 0.25) is 0 Å². The number of hydrogen-bond acceptors (Lipinski definition) is 3. The minimum atomic E-state index is -0.233. The fraction of sp³-hybridized carbons (Fsp3) is 0.833. The molecule has 2 heterocycles. The van der Waals surface area contributed by atoms with Crippen LogP contribution in [0.3, 0.4) is 0 Å². The summed E-state index contributed by atoms with van der Waals surface area (Å²) >= 11 is 0. The lowest BCUT2D eigenvalue weighted by molar-refractivity contribution is -0.225. The number of fused-ring (bicyclic) bond motifs is 2. The largest absolute Gasteiger partial charge is 0.396 e. The molecule has 0 aromatic heterocycles. The van der Waals surface area contributed by atoms with Crippen molar-refractivity contribution in [3.63, 3.8) is 0 Å². The highest BCUT2D eigenvalue weighted by Crippen LogP contribution is 2.44. The van der Waals surface area contributed by atoms with Crippen molar-refractivity contribution in [3.8, 4) is 0 Å². The van der Waals surface area contributed by atoms with E-state index in [-0.39, 0.29) is 23.9 Å². The smallest absolute Gasteiger partial charge is 0.110 e. The van der Waals surface area contributed by atoms with E-state index < -0.39 is 0 Å². The predicted octanol–water partition coefficient (Wildman–Crippen LogP) is 1.65. The lowest BCUT2D eigenvalue weighted by atomic mass is 9.91. The molecule has 3 nitrogen and oxygen atoms in total. The summed E-state index contributed by atoms with van der Waals surface area (Å²) in [6.45, 7) is 6.73. The topological polar surface area (TPSA) is 38.7 Å². The second kappa shape index (κ2) is 3.89. The number of hydrogen-bond donors (Lipinski definition) is 1. The second-order valence-electron chi connectivity index (χ2n) is 4.84. The zero-order valence-electron chi connectivity index (χ0n) is 9.37. The van der Waals surface area contributed by atoms with Crippen LogP contribution in [-0.4, -0.2) is 35.6 Å². The van der Waals surface area contributed by atoms with Crippen molar-refractivity contribution < 1.29 is 14.6 Å². The summed E-state index contributed by atoms with van der Waals surface area (Å²) in [4.78, 5) is 0. The van der Waals surface area contributed by atoms with Crippen molar-refractivity contribution in [2.24, 2.45) is 0 Å². The van der Waals surface area contributed by atoms with Gasteiger partial charge in [-0.15, -0.1) is 6.58 Å². The molecule has 0 spiro atoms. The second-order valence-corrected chi connectivity index (χ2v) is 4.84. The molecule has 2 rings (SSSR count). The first-order valence-corrected chi connectivity index (χ1v) is 5.70. The van der Waals surface area contributed by atoms with Crippen LogP contribution < -0.4 is 0 Å². The molecule has 86 valence electrons. The van der Waals surface area contributed by atoms with Gasteiger partial charge in [-0.2, -0.15) is 0 Å². The SMILES string of the molecule is C=CC12CCC(O1)C(C)(CCCO)OC2. The average molecular weight is 212 g/mol. The summed E-state index contributed by atoms with van der Waals surface area (Å²) < 4.78 is 12.0. The lowest BCUT2D eigenvalue weighted by Gasteiger charge is -2.43. The zero-order valence-corrected chi connectivity index (χ0v) is 9.37. The summed E-state index contributed by atoms with van der Waals surface area (Å²) in [5.74, 6) is 0. The summed E-state index contributed by atoms with van der Waals surface area (Å²) in [7, 11) is 0. The van der Waals surface area contributed by atoms with Gasteiger partial charge in [0.15, 0.2) is 0 Å². The number of aliphatic hydroxyl groups is 1. The Morgan fingerprint density at radius 2 is 2.40 bits per heavy atom. The van der Waals surface area contributed by atoms with Crippen LogP contribution >= 0.6 is 0 Å². The molecule has 0 aliphatic carbocycles. The van der Waals surface area contributed by atoms with E-state index in [1.54, 1.807) is 0 Å². The van der Waals surface area contributed by atoms with Crippen molar-refractivity contribution >= 4 is 0 Å². The highest BCUT2D eigenvalue weighted by atomic mass is 16.6. The third-order valence-corrected chi connectivity index (χ3v) is 3.74. The molecule has 2 bridgehead atoms. The first kappa shape index (κ1) is 11.1. The zero-order chi connectivity index (χ0) is 10.9. The van der Waals surface area contributed by atoms with E-state index in [4.69, 9.17) is 14.6 Å². The van der Waals surface area contributed by atoms with E-state index in [1.165, 1.54) is 0 Å². The molecule has 0 aromatic carbocycles. The van der Waals surface area contributed by atoms with Crippen molar-refractivity contribution in [1.82, 2.24) is 0 Å². The number of rotatable bonds is 4. The molecule has 2 saturated heterocycles. The van der Waals surface area contributed by atoms with Crippen molar-refractivity contribution in [1.29, 1.82) is 0 Å². The van der Waals surface area contributed by atoms with E-state index in [0.717, 1.165) is 25.7 Å². The molecule has 3 unspecified atom stereocenters. The molecule has 15 heavy (non-hydrogen) atoms. The highest BCUT2D eigenvalue weighted by Gasteiger charge is 2.52. The number of aliphatic hydroxyl groups excluding tert-OH is 1. The normalized spacial score (nSPS) is 44.3. The van der Waals surface area contributed by atoms with Crippen LogP contribution in [0.4, 0.5) is 0 Å². The monoisotopic (exact) mass is 212 g/mol. The maximum absolute atomic E-state index is 8.87. The molecular weight excluding hydrogens is 192 g/mol. The fourth-order valence-corrected chi connectivity index (χ4v) is 2.57. The quantitative estimate of drug-likeness (QED) is 0.720. The van der Waals surface area contributed by atoms with Crippen molar-refractivity contribution in [3.05, 3.63) is 12.7 Å². The van der Waals surface area contributed by atoms with E-state index in [1.807, 2.05) is 6.08 Å². The van der Waals surface area contributed by atoms with Crippen LogP contribution in [-0.2, 0) is 9.47 Å². The van der Waals surface area contributed by atoms with Gasteiger partial charge in [-0.25, -0.2) is 0 Å². The van der Waals surface area contributed by atoms with Gasteiger partial charge in [0.2, 0.25) is 0 Å². The maximum Gasteiger partial charge on any atom is 0.110 e. The van der Waals surface area contributed by atoms with Gasteiger partial charge in [-0.05, 0) is 32.6 Å². The summed E-state index contributed by atoms with van der Waals surface area (Å²) in [6.07, 6.45) is 5.72. The third-order valence-electron chi connectivity index (χ3n) is 3.74. The molecule has 0 radical (unpaired) electrons. The first-order valence-electron chi connectivity index (χ1n) is 5.70.